The fourth-order valence-electron chi connectivity index (χ4n) is 2.93. The minimum atomic E-state index is 0.275. The van der Waals surface area contributed by atoms with E-state index >= 15 is 0 Å². The number of aliphatic hydroxyl groups is 2. The molecule has 0 aliphatic heterocycles. The Kier molecular flexibility index (Phi) is 10.4. The molecular weight excluding hydrogens is 240 g/mol. The van der Waals surface area contributed by atoms with E-state index in [0.717, 1.165) is 51.5 Å². The summed E-state index contributed by atoms with van der Waals surface area (Å²) in [6.07, 6.45) is 9.71. The Morgan fingerprint density at radius 3 is 2.16 bits per heavy atom. The first-order valence-electron chi connectivity index (χ1n) is 8.05. The molecule has 1 fully saturated rings. The number of hydrogen-bond donors (Lipinski definition) is 3. The van der Waals surface area contributed by atoms with Gasteiger partial charge in [0.25, 0.3) is 0 Å². The second kappa shape index (κ2) is 11.6. The summed E-state index contributed by atoms with van der Waals surface area (Å²) in [7, 11) is 0. The average Bonchev–Trinajstić information content (AvgIpc) is 2.46. The van der Waals surface area contributed by atoms with Crippen molar-refractivity contribution < 1.29 is 10.2 Å². The van der Waals surface area contributed by atoms with Crippen molar-refractivity contribution in [3.8, 4) is 0 Å². The first kappa shape index (κ1) is 16.9. The Morgan fingerprint density at radius 2 is 1.47 bits per heavy atom. The molecule has 19 heavy (non-hydrogen) atoms. The Hall–Kier alpha value is -0.160. The monoisotopic (exact) mass is 272 g/mol. The van der Waals surface area contributed by atoms with E-state index in [1.807, 2.05) is 0 Å². The lowest BCUT2D eigenvalue weighted by Gasteiger charge is -2.34. The van der Waals surface area contributed by atoms with Crippen molar-refractivity contribution in [2.45, 2.75) is 57.4 Å². The topological polar surface area (TPSA) is 55.7 Å². The molecule has 0 spiro atoms. The molecule has 4 nitrogen and oxygen atoms in total. The molecule has 1 aliphatic carbocycles. The zero-order valence-electron chi connectivity index (χ0n) is 12.3. The van der Waals surface area contributed by atoms with Crippen LogP contribution in [0.4, 0.5) is 0 Å². The average molecular weight is 272 g/mol. The molecule has 0 saturated heterocycles. The van der Waals surface area contributed by atoms with E-state index in [0.29, 0.717) is 6.61 Å². The maximum absolute atomic E-state index is 9.02. The summed E-state index contributed by atoms with van der Waals surface area (Å²) < 4.78 is 0. The maximum atomic E-state index is 9.02. The van der Waals surface area contributed by atoms with E-state index in [-0.39, 0.29) is 6.61 Å². The molecule has 0 atom stereocenters. The van der Waals surface area contributed by atoms with Crippen LogP contribution >= 0.6 is 0 Å². The molecule has 1 rings (SSSR count). The fourth-order valence-corrected chi connectivity index (χ4v) is 2.93. The SMILES string of the molecule is OCCCNCCCN(CCCO)C1CCCCC1. The van der Waals surface area contributed by atoms with Gasteiger partial charge in [0.15, 0.2) is 0 Å². The number of aliphatic hydroxyl groups excluding tert-OH is 2. The van der Waals surface area contributed by atoms with Crippen LogP contribution < -0.4 is 5.32 Å². The highest BCUT2D eigenvalue weighted by Crippen LogP contribution is 2.22. The third-order valence-corrected chi connectivity index (χ3v) is 4.01. The van der Waals surface area contributed by atoms with E-state index in [2.05, 4.69) is 10.2 Å². The number of rotatable bonds is 11. The molecule has 114 valence electrons. The van der Waals surface area contributed by atoms with Gasteiger partial charge in [0.05, 0.1) is 0 Å². The van der Waals surface area contributed by atoms with Gasteiger partial charge in [-0.25, -0.2) is 0 Å². The Bertz CT molecular complexity index is 197. The van der Waals surface area contributed by atoms with Gasteiger partial charge in [-0.15, -0.1) is 0 Å². The minimum Gasteiger partial charge on any atom is -0.396 e. The minimum absolute atomic E-state index is 0.275. The van der Waals surface area contributed by atoms with E-state index in [1.54, 1.807) is 0 Å². The largest absolute Gasteiger partial charge is 0.396 e. The van der Waals surface area contributed by atoms with Crippen molar-refractivity contribution in [3.05, 3.63) is 0 Å². The summed E-state index contributed by atoms with van der Waals surface area (Å²) in [4.78, 5) is 2.59. The van der Waals surface area contributed by atoms with Gasteiger partial charge in [0, 0.05) is 25.8 Å². The maximum Gasteiger partial charge on any atom is 0.0443 e. The molecule has 1 saturated carbocycles. The van der Waals surface area contributed by atoms with Crippen LogP contribution in [0.5, 0.6) is 0 Å². The van der Waals surface area contributed by atoms with Crippen LogP contribution in [-0.2, 0) is 0 Å². The molecule has 0 aromatic carbocycles. The molecule has 0 bridgehead atoms. The lowest BCUT2D eigenvalue weighted by atomic mass is 9.94. The van der Waals surface area contributed by atoms with Gasteiger partial charge in [-0.3, -0.25) is 0 Å². The van der Waals surface area contributed by atoms with Crippen molar-refractivity contribution >= 4 is 0 Å². The molecule has 3 N–H and O–H groups in total. The molecule has 0 unspecified atom stereocenters. The molecule has 0 heterocycles. The normalized spacial score (nSPS) is 17.2. The van der Waals surface area contributed by atoms with Gasteiger partial charge in [-0.05, 0) is 51.7 Å². The van der Waals surface area contributed by atoms with Crippen molar-refractivity contribution in [2.75, 3.05) is 39.4 Å². The lowest BCUT2D eigenvalue weighted by molar-refractivity contribution is 0.140. The van der Waals surface area contributed by atoms with E-state index < -0.39 is 0 Å². The van der Waals surface area contributed by atoms with Crippen molar-refractivity contribution in [2.24, 2.45) is 0 Å². The molecule has 4 heteroatoms. The van der Waals surface area contributed by atoms with Gasteiger partial charge in [-0.1, -0.05) is 19.3 Å². The lowest BCUT2D eigenvalue weighted by Crippen LogP contribution is -2.39. The molecule has 0 aromatic rings. The smallest absolute Gasteiger partial charge is 0.0443 e. The summed E-state index contributed by atoms with van der Waals surface area (Å²) in [6.45, 7) is 4.70. The van der Waals surface area contributed by atoms with Gasteiger partial charge in [-0.2, -0.15) is 0 Å². The van der Waals surface area contributed by atoms with Crippen molar-refractivity contribution in [1.29, 1.82) is 0 Å². The third-order valence-electron chi connectivity index (χ3n) is 4.01. The zero-order valence-corrected chi connectivity index (χ0v) is 12.3. The van der Waals surface area contributed by atoms with Gasteiger partial charge < -0.3 is 20.4 Å². The molecular formula is C15H32N2O2. The van der Waals surface area contributed by atoms with E-state index in [4.69, 9.17) is 10.2 Å². The van der Waals surface area contributed by atoms with Crippen LogP contribution in [0.3, 0.4) is 0 Å². The van der Waals surface area contributed by atoms with Crippen LogP contribution in [-0.4, -0.2) is 60.5 Å². The van der Waals surface area contributed by atoms with Gasteiger partial charge in [0.1, 0.15) is 0 Å². The Labute approximate surface area is 118 Å². The molecule has 1 aliphatic rings. The van der Waals surface area contributed by atoms with E-state index in [9.17, 15) is 0 Å². The number of hydrogen-bond acceptors (Lipinski definition) is 4. The summed E-state index contributed by atoms with van der Waals surface area (Å²) in [6, 6.07) is 0.748. The first-order chi connectivity index (χ1) is 9.38. The highest BCUT2D eigenvalue weighted by atomic mass is 16.3. The molecule has 0 radical (unpaired) electrons. The summed E-state index contributed by atoms with van der Waals surface area (Å²) in [5.41, 5.74) is 0. The van der Waals surface area contributed by atoms with Crippen LogP contribution in [0.15, 0.2) is 0 Å². The van der Waals surface area contributed by atoms with Crippen LogP contribution in [0.1, 0.15) is 51.4 Å². The second-order valence-corrected chi connectivity index (χ2v) is 5.59. The molecule has 0 amide bonds. The van der Waals surface area contributed by atoms with Gasteiger partial charge >= 0.3 is 0 Å². The number of nitrogens with zero attached hydrogens (tertiary/aromatic N) is 1. The van der Waals surface area contributed by atoms with Gasteiger partial charge in [0.2, 0.25) is 0 Å². The highest BCUT2D eigenvalue weighted by Gasteiger charge is 2.19. The predicted molar refractivity (Wildman–Crippen MR) is 79.3 cm³/mol. The Balaban J connectivity index is 2.16. The van der Waals surface area contributed by atoms with Crippen molar-refractivity contribution in [1.82, 2.24) is 10.2 Å². The van der Waals surface area contributed by atoms with Crippen LogP contribution in [0.25, 0.3) is 0 Å². The summed E-state index contributed by atoms with van der Waals surface area (Å²) in [5.74, 6) is 0. The second-order valence-electron chi connectivity index (χ2n) is 5.59. The summed E-state index contributed by atoms with van der Waals surface area (Å²) >= 11 is 0. The molecule has 0 aromatic heterocycles. The quantitative estimate of drug-likeness (QED) is 0.497. The van der Waals surface area contributed by atoms with Crippen molar-refractivity contribution in [3.63, 3.8) is 0 Å². The zero-order chi connectivity index (χ0) is 13.8. The van der Waals surface area contributed by atoms with E-state index in [1.165, 1.54) is 32.1 Å². The summed E-state index contributed by atoms with van der Waals surface area (Å²) in [5, 5.41) is 21.1. The van der Waals surface area contributed by atoms with Crippen LogP contribution in [0.2, 0.25) is 0 Å². The standard InChI is InChI=1S/C15H32N2O2/c18-13-5-10-16-9-4-11-17(12-6-14-19)15-7-2-1-3-8-15/h15-16,18-19H,1-14H2. The Morgan fingerprint density at radius 1 is 0.842 bits per heavy atom. The highest BCUT2D eigenvalue weighted by molar-refractivity contribution is 4.76. The predicted octanol–water partition coefficient (Wildman–Crippen LogP) is 1.37. The first-order valence-corrected chi connectivity index (χ1v) is 8.05. The third kappa shape index (κ3) is 7.88. The fraction of sp³-hybridized carbons (Fsp3) is 1.00. The number of nitrogens with one attached hydrogen (secondary N) is 1. The van der Waals surface area contributed by atoms with Crippen LogP contribution in [0, 0.1) is 0 Å².